The van der Waals surface area contributed by atoms with Crippen molar-refractivity contribution in [3.8, 4) is 11.8 Å². The fraction of sp³-hybridized carbons (Fsp3) is 0.391. The summed E-state index contributed by atoms with van der Waals surface area (Å²) in [6.07, 6.45) is 4.65. The number of nitrogens with one attached hydrogen (secondary N) is 1. The van der Waals surface area contributed by atoms with E-state index in [4.69, 9.17) is 4.74 Å². The van der Waals surface area contributed by atoms with Crippen LogP contribution in [0.15, 0.2) is 41.7 Å². The van der Waals surface area contributed by atoms with Gasteiger partial charge in [0, 0.05) is 35.6 Å². The Hall–Kier alpha value is -2.86. The summed E-state index contributed by atoms with van der Waals surface area (Å²) in [5.74, 6) is 0.777. The van der Waals surface area contributed by atoms with Crippen molar-refractivity contribution in [3.05, 3.63) is 57.4 Å². The zero-order valence-electron chi connectivity index (χ0n) is 17.5. The molecule has 0 radical (unpaired) electrons. The minimum Gasteiger partial charge on any atom is -0.497 e. The van der Waals surface area contributed by atoms with Crippen LogP contribution in [-0.2, 0) is 13.0 Å². The summed E-state index contributed by atoms with van der Waals surface area (Å²) in [5.41, 5.74) is 2.57. The molecule has 0 amide bonds. The molecule has 1 fully saturated rings. The van der Waals surface area contributed by atoms with Crippen molar-refractivity contribution in [1.29, 1.82) is 5.26 Å². The van der Waals surface area contributed by atoms with E-state index in [1.165, 1.54) is 11.3 Å². The van der Waals surface area contributed by atoms with E-state index in [2.05, 4.69) is 26.4 Å². The molecule has 0 atom stereocenters. The standard InChI is InChI=1S/C23H25N5O2S/c1-30-18-2-4-22-21(12-18)20(16(13-24)14-26-22)8-11-28-9-6-17(7-10-28)25-15-19-3-5-23(27-29)31-19/h2-5,12,14,17,25H,6-11,15H2,1H3. The van der Waals surface area contributed by atoms with Crippen LogP contribution >= 0.6 is 11.3 Å². The third-order valence-corrected chi connectivity index (χ3v) is 6.84. The number of thiophene rings is 1. The minimum absolute atomic E-state index is 0.478. The summed E-state index contributed by atoms with van der Waals surface area (Å²) >= 11 is 1.44. The van der Waals surface area contributed by atoms with Crippen molar-refractivity contribution < 1.29 is 4.74 Å². The van der Waals surface area contributed by atoms with Gasteiger partial charge in [0.05, 0.1) is 18.2 Å². The number of likely N-dealkylation sites (tertiary alicyclic amines) is 1. The van der Waals surface area contributed by atoms with Crippen molar-refractivity contribution in [3.63, 3.8) is 0 Å². The molecule has 7 nitrogen and oxygen atoms in total. The number of hydrogen-bond acceptors (Lipinski definition) is 8. The molecule has 160 valence electrons. The van der Waals surface area contributed by atoms with Crippen molar-refractivity contribution in [2.24, 2.45) is 5.18 Å². The summed E-state index contributed by atoms with van der Waals surface area (Å²) in [4.78, 5) is 18.6. The number of methoxy groups -OCH3 is 1. The van der Waals surface area contributed by atoms with Gasteiger partial charge in [0.15, 0.2) is 5.00 Å². The van der Waals surface area contributed by atoms with Gasteiger partial charge in [-0.2, -0.15) is 5.26 Å². The van der Waals surface area contributed by atoms with Crippen LogP contribution in [0.3, 0.4) is 0 Å². The van der Waals surface area contributed by atoms with E-state index in [0.717, 1.165) is 72.5 Å². The van der Waals surface area contributed by atoms with E-state index in [-0.39, 0.29) is 0 Å². The van der Waals surface area contributed by atoms with Gasteiger partial charge in [-0.25, -0.2) is 0 Å². The van der Waals surface area contributed by atoms with Gasteiger partial charge in [-0.15, -0.1) is 16.2 Å². The molecule has 31 heavy (non-hydrogen) atoms. The number of hydrogen-bond donors (Lipinski definition) is 1. The molecule has 8 heteroatoms. The Balaban J connectivity index is 1.33. The molecule has 3 aromatic rings. The third-order valence-electron chi connectivity index (χ3n) is 5.88. The number of fused-ring (bicyclic) bond motifs is 1. The molecular formula is C23H25N5O2S. The normalized spacial score (nSPS) is 15.1. The maximum absolute atomic E-state index is 10.6. The van der Waals surface area contributed by atoms with Crippen LogP contribution in [0.4, 0.5) is 5.00 Å². The van der Waals surface area contributed by atoms with Gasteiger partial charge in [-0.3, -0.25) is 4.98 Å². The molecule has 2 aromatic heterocycles. The fourth-order valence-electron chi connectivity index (χ4n) is 4.11. The van der Waals surface area contributed by atoms with Crippen LogP contribution in [0.5, 0.6) is 5.75 Å². The van der Waals surface area contributed by atoms with E-state index < -0.39 is 0 Å². The third kappa shape index (κ3) is 5.07. The number of aromatic nitrogens is 1. The topological polar surface area (TPSA) is 90.6 Å². The van der Waals surface area contributed by atoms with Crippen LogP contribution in [0.25, 0.3) is 10.9 Å². The lowest BCUT2D eigenvalue weighted by molar-refractivity contribution is 0.199. The first-order chi connectivity index (χ1) is 15.2. The summed E-state index contributed by atoms with van der Waals surface area (Å²) in [5, 5.41) is 17.7. The number of pyridine rings is 1. The highest BCUT2D eigenvalue weighted by Crippen LogP contribution is 2.26. The molecule has 1 aromatic carbocycles. The molecule has 1 aliphatic heterocycles. The SMILES string of the molecule is COc1ccc2ncc(C#N)c(CCN3CCC(NCc4ccc(N=O)s4)CC3)c2c1. The molecule has 0 unspecified atom stereocenters. The van der Waals surface area contributed by atoms with Gasteiger partial charge in [0.2, 0.25) is 0 Å². The highest BCUT2D eigenvalue weighted by Gasteiger charge is 2.20. The maximum atomic E-state index is 10.6. The average Bonchev–Trinajstić information content (AvgIpc) is 3.29. The zero-order valence-corrected chi connectivity index (χ0v) is 18.3. The lowest BCUT2D eigenvalue weighted by Gasteiger charge is -2.32. The quantitative estimate of drug-likeness (QED) is 0.528. The Morgan fingerprint density at radius 1 is 1.32 bits per heavy atom. The first-order valence-electron chi connectivity index (χ1n) is 10.4. The first-order valence-corrected chi connectivity index (χ1v) is 11.3. The number of nitrogens with zero attached hydrogens (tertiary/aromatic N) is 4. The summed E-state index contributed by atoms with van der Waals surface area (Å²) < 4.78 is 5.37. The van der Waals surface area contributed by atoms with Crippen LogP contribution in [0, 0.1) is 16.2 Å². The van der Waals surface area contributed by atoms with Gasteiger partial charge >= 0.3 is 0 Å². The second-order valence-electron chi connectivity index (χ2n) is 7.72. The molecular weight excluding hydrogens is 410 g/mol. The van der Waals surface area contributed by atoms with Gasteiger partial charge in [0.25, 0.3) is 0 Å². The Morgan fingerprint density at radius 3 is 2.87 bits per heavy atom. The lowest BCUT2D eigenvalue weighted by atomic mass is 9.99. The Kier molecular flexibility index (Phi) is 6.87. The fourth-order valence-corrected chi connectivity index (χ4v) is 4.84. The van der Waals surface area contributed by atoms with Gasteiger partial charge < -0.3 is 15.0 Å². The highest BCUT2D eigenvalue weighted by molar-refractivity contribution is 7.15. The molecule has 4 rings (SSSR count). The summed E-state index contributed by atoms with van der Waals surface area (Å²) in [7, 11) is 1.65. The van der Waals surface area contributed by atoms with Crippen LogP contribution in [0.2, 0.25) is 0 Å². The van der Waals surface area contributed by atoms with Crippen molar-refractivity contribution in [1.82, 2.24) is 15.2 Å². The molecule has 3 heterocycles. The predicted molar refractivity (Wildman–Crippen MR) is 123 cm³/mol. The average molecular weight is 436 g/mol. The van der Waals surface area contributed by atoms with Gasteiger partial charge in [0.1, 0.15) is 11.8 Å². The first kappa shape index (κ1) is 21.4. The predicted octanol–water partition coefficient (Wildman–Crippen LogP) is 4.37. The second-order valence-corrected chi connectivity index (χ2v) is 8.87. The summed E-state index contributed by atoms with van der Waals surface area (Å²) in [6, 6.07) is 12.3. The number of nitriles is 1. The Labute approximate surface area is 185 Å². The summed E-state index contributed by atoms with van der Waals surface area (Å²) in [6.45, 7) is 3.74. The zero-order chi connectivity index (χ0) is 21.6. The van der Waals surface area contributed by atoms with Gasteiger partial charge in [-0.1, -0.05) is 0 Å². The van der Waals surface area contributed by atoms with Crippen molar-refractivity contribution >= 4 is 27.2 Å². The van der Waals surface area contributed by atoms with Crippen LogP contribution < -0.4 is 10.1 Å². The minimum atomic E-state index is 0.478. The van der Waals surface area contributed by atoms with E-state index in [1.807, 2.05) is 24.3 Å². The molecule has 0 bridgehead atoms. The Bertz CT molecular complexity index is 1100. The molecule has 1 aliphatic rings. The molecule has 1 saturated heterocycles. The van der Waals surface area contributed by atoms with Crippen molar-refractivity contribution in [2.75, 3.05) is 26.7 Å². The largest absolute Gasteiger partial charge is 0.497 e. The number of ether oxygens (including phenoxy) is 1. The number of nitroso groups, excluding NO2 is 1. The maximum Gasteiger partial charge on any atom is 0.161 e. The highest BCUT2D eigenvalue weighted by atomic mass is 32.1. The van der Waals surface area contributed by atoms with E-state index in [9.17, 15) is 10.2 Å². The number of rotatable bonds is 8. The number of benzene rings is 1. The smallest absolute Gasteiger partial charge is 0.161 e. The van der Waals surface area contributed by atoms with Gasteiger partial charge in [-0.05, 0) is 73.4 Å². The lowest BCUT2D eigenvalue weighted by Crippen LogP contribution is -2.42. The van der Waals surface area contributed by atoms with E-state index in [0.29, 0.717) is 16.6 Å². The van der Waals surface area contributed by atoms with Crippen LogP contribution in [0.1, 0.15) is 28.8 Å². The second kappa shape index (κ2) is 9.96. The van der Waals surface area contributed by atoms with E-state index in [1.54, 1.807) is 19.4 Å². The molecule has 0 spiro atoms. The molecule has 1 N–H and O–H groups in total. The number of piperidine rings is 1. The molecule has 0 saturated carbocycles. The Morgan fingerprint density at radius 2 is 2.16 bits per heavy atom. The van der Waals surface area contributed by atoms with E-state index >= 15 is 0 Å². The van der Waals surface area contributed by atoms with Crippen molar-refractivity contribution in [2.45, 2.75) is 31.8 Å². The monoisotopic (exact) mass is 435 g/mol. The molecule has 0 aliphatic carbocycles. The van der Waals surface area contributed by atoms with Crippen LogP contribution in [-0.4, -0.2) is 42.7 Å².